The summed E-state index contributed by atoms with van der Waals surface area (Å²) in [6, 6.07) is 5.86. The first kappa shape index (κ1) is 14.3. The number of rotatable bonds is 3. The lowest BCUT2D eigenvalue weighted by Gasteiger charge is -2.32. The molecule has 1 atom stereocenters. The summed E-state index contributed by atoms with van der Waals surface area (Å²) < 4.78 is 1.04. The average molecular weight is 326 g/mol. The van der Waals surface area contributed by atoms with Crippen molar-refractivity contribution in [3.63, 3.8) is 0 Å². The van der Waals surface area contributed by atoms with Gasteiger partial charge in [-0.05, 0) is 31.5 Å². The third-order valence-electron chi connectivity index (χ3n) is 3.66. The number of hydrogen-bond acceptors (Lipinski definition) is 3. The summed E-state index contributed by atoms with van der Waals surface area (Å²) >= 11 is 3.55. The van der Waals surface area contributed by atoms with Crippen LogP contribution in [0.25, 0.3) is 0 Å². The Morgan fingerprint density at radius 3 is 3.05 bits per heavy atom. The first-order valence-corrected chi connectivity index (χ1v) is 7.38. The predicted molar refractivity (Wildman–Crippen MR) is 80.6 cm³/mol. The maximum Gasteiger partial charge on any atom is 0.224 e. The van der Waals surface area contributed by atoms with Crippen LogP contribution in [0, 0.1) is 5.92 Å². The summed E-state index contributed by atoms with van der Waals surface area (Å²) in [7, 11) is 1.70. The number of anilines is 1. The fourth-order valence-electron chi connectivity index (χ4n) is 2.58. The lowest BCUT2D eigenvalue weighted by molar-refractivity contribution is -0.126. The second-order valence-electron chi connectivity index (χ2n) is 5.00. The maximum atomic E-state index is 11.7. The molecule has 0 bridgehead atoms. The highest BCUT2D eigenvalue weighted by Crippen LogP contribution is 2.26. The third-order valence-corrected chi connectivity index (χ3v) is 4.40. The van der Waals surface area contributed by atoms with Gasteiger partial charge in [0, 0.05) is 35.9 Å². The Kier molecular flexibility index (Phi) is 4.82. The Bertz CT molecular complexity index is 444. The molecule has 1 aromatic carbocycles. The summed E-state index contributed by atoms with van der Waals surface area (Å²) in [5.41, 5.74) is 7.94. The van der Waals surface area contributed by atoms with Crippen molar-refractivity contribution in [2.24, 2.45) is 5.92 Å². The molecule has 0 saturated carbocycles. The number of nitrogens with zero attached hydrogens (tertiary/aromatic N) is 1. The zero-order chi connectivity index (χ0) is 13.8. The van der Waals surface area contributed by atoms with Crippen molar-refractivity contribution in [1.82, 2.24) is 10.2 Å². The normalized spacial score (nSPS) is 20.2. The Balaban J connectivity index is 2.05. The highest BCUT2D eigenvalue weighted by molar-refractivity contribution is 9.10. The molecule has 1 unspecified atom stereocenters. The van der Waals surface area contributed by atoms with E-state index < -0.39 is 0 Å². The molecule has 1 amide bonds. The van der Waals surface area contributed by atoms with E-state index in [1.807, 2.05) is 18.2 Å². The van der Waals surface area contributed by atoms with E-state index in [4.69, 9.17) is 5.73 Å². The lowest BCUT2D eigenvalue weighted by Crippen LogP contribution is -2.41. The minimum absolute atomic E-state index is 0.0995. The summed E-state index contributed by atoms with van der Waals surface area (Å²) in [4.78, 5) is 14.0. The first-order chi connectivity index (χ1) is 9.11. The smallest absolute Gasteiger partial charge is 0.224 e. The largest absolute Gasteiger partial charge is 0.398 e. The van der Waals surface area contributed by atoms with E-state index in [2.05, 4.69) is 26.1 Å². The molecule has 1 heterocycles. The van der Waals surface area contributed by atoms with Gasteiger partial charge in [0.2, 0.25) is 5.91 Å². The molecule has 0 aromatic heterocycles. The van der Waals surface area contributed by atoms with E-state index >= 15 is 0 Å². The quantitative estimate of drug-likeness (QED) is 0.835. The van der Waals surface area contributed by atoms with E-state index in [1.54, 1.807) is 7.05 Å². The molecular weight excluding hydrogens is 306 g/mol. The van der Waals surface area contributed by atoms with Crippen LogP contribution in [-0.2, 0) is 11.3 Å². The van der Waals surface area contributed by atoms with E-state index in [1.165, 1.54) is 0 Å². The van der Waals surface area contributed by atoms with Gasteiger partial charge in [-0.3, -0.25) is 9.69 Å². The van der Waals surface area contributed by atoms with Gasteiger partial charge in [0.25, 0.3) is 0 Å². The van der Waals surface area contributed by atoms with Crippen molar-refractivity contribution in [3.05, 3.63) is 28.2 Å². The number of piperidine rings is 1. The molecule has 2 rings (SSSR count). The summed E-state index contributed by atoms with van der Waals surface area (Å²) in [5, 5.41) is 2.74. The van der Waals surface area contributed by atoms with E-state index in [9.17, 15) is 4.79 Å². The summed E-state index contributed by atoms with van der Waals surface area (Å²) in [6.07, 6.45) is 2.03. The lowest BCUT2D eigenvalue weighted by atomic mass is 9.96. The van der Waals surface area contributed by atoms with Gasteiger partial charge >= 0.3 is 0 Å². The zero-order valence-corrected chi connectivity index (χ0v) is 12.7. The Morgan fingerprint density at radius 2 is 2.37 bits per heavy atom. The van der Waals surface area contributed by atoms with Gasteiger partial charge in [0.15, 0.2) is 0 Å². The monoisotopic (exact) mass is 325 g/mol. The molecule has 0 radical (unpaired) electrons. The van der Waals surface area contributed by atoms with Crippen molar-refractivity contribution >= 4 is 27.5 Å². The van der Waals surface area contributed by atoms with Gasteiger partial charge in [-0.1, -0.05) is 22.0 Å². The number of hydrogen-bond donors (Lipinski definition) is 2. The molecule has 3 N–H and O–H groups in total. The van der Waals surface area contributed by atoms with Gasteiger partial charge in [-0.15, -0.1) is 0 Å². The fourth-order valence-corrected chi connectivity index (χ4v) is 3.09. The van der Waals surface area contributed by atoms with Crippen LogP contribution in [-0.4, -0.2) is 30.9 Å². The summed E-state index contributed by atoms with van der Waals surface area (Å²) in [6.45, 7) is 2.62. The number of likely N-dealkylation sites (tertiary alicyclic amines) is 1. The van der Waals surface area contributed by atoms with Crippen molar-refractivity contribution in [2.75, 3.05) is 25.9 Å². The number of nitrogens with two attached hydrogens (primary N) is 1. The van der Waals surface area contributed by atoms with Gasteiger partial charge in [-0.2, -0.15) is 0 Å². The second-order valence-corrected chi connectivity index (χ2v) is 5.85. The topological polar surface area (TPSA) is 58.4 Å². The predicted octanol–water partition coefficient (Wildman–Crippen LogP) is 1.99. The van der Waals surface area contributed by atoms with Gasteiger partial charge in [0.05, 0.1) is 5.92 Å². The number of amides is 1. The maximum absolute atomic E-state index is 11.7. The van der Waals surface area contributed by atoms with Crippen molar-refractivity contribution in [1.29, 1.82) is 0 Å². The molecule has 1 saturated heterocycles. The molecule has 4 nitrogen and oxygen atoms in total. The van der Waals surface area contributed by atoms with Crippen LogP contribution in [0.5, 0.6) is 0 Å². The van der Waals surface area contributed by atoms with Crippen LogP contribution < -0.4 is 11.1 Å². The highest BCUT2D eigenvalue weighted by Gasteiger charge is 2.25. The SMILES string of the molecule is CNC(=O)C1CCCN(Cc2c(N)cccc2Br)C1. The molecule has 0 aliphatic carbocycles. The van der Waals surface area contributed by atoms with Crippen LogP contribution in [0.3, 0.4) is 0 Å². The molecule has 19 heavy (non-hydrogen) atoms. The molecule has 1 aliphatic heterocycles. The highest BCUT2D eigenvalue weighted by atomic mass is 79.9. The second kappa shape index (κ2) is 6.39. The number of nitrogen functional groups attached to an aromatic ring is 1. The van der Waals surface area contributed by atoms with E-state index in [0.717, 1.165) is 48.2 Å². The average Bonchev–Trinajstić information content (AvgIpc) is 2.42. The Hall–Kier alpha value is -1.07. The molecule has 1 aromatic rings. The van der Waals surface area contributed by atoms with Crippen molar-refractivity contribution in [2.45, 2.75) is 19.4 Å². The molecule has 5 heteroatoms. The van der Waals surface area contributed by atoms with Gasteiger partial charge in [0.1, 0.15) is 0 Å². The van der Waals surface area contributed by atoms with Crippen LogP contribution in [0.15, 0.2) is 22.7 Å². The standard InChI is InChI=1S/C14H20BrN3O/c1-17-14(19)10-4-3-7-18(8-10)9-11-12(15)5-2-6-13(11)16/h2,5-6,10H,3-4,7-9,16H2,1H3,(H,17,19). The van der Waals surface area contributed by atoms with Crippen molar-refractivity contribution < 1.29 is 4.79 Å². The van der Waals surface area contributed by atoms with Crippen LogP contribution in [0.1, 0.15) is 18.4 Å². The Labute approximate surface area is 122 Å². The molecule has 104 valence electrons. The molecular formula is C14H20BrN3O. The number of benzene rings is 1. The number of carbonyl (C=O) groups excluding carboxylic acids is 1. The summed E-state index contributed by atoms with van der Waals surface area (Å²) in [5.74, 6) is 0.243. The third kappa shape index (κ3) is 3.48. The number of halogens is 1. The van der Waals surface area contributed by atoms with Crippen molar-refractivity contribution in [3.8, 4) is 0 Å². The van der Waals surface area contributed by atoms with Crippen LogP contribution in [0.2, 0.25) is 0 Å². The first-order valence-electron chi connectivity index (χ1n) is 6.58. The molecule has 1 aliphatic rings. The number of carbonyl (C=O) groups is 1. The van der Waals surface area contributed by atoms with Gasteiger partial charge < -0.3 is 11.1 Å². The van der Waals surface area contributed by atoms with E-state index in [-0.39, 0.29) is 11.8 Å². The minimum atomic E-state index is 0.0995. The van der Waals surface area contributed by atoms with Crippen LogP contribution in [0.4, 0.5) is 5.69 Å². The van der Waals surface area contributed by atoms with E-state index in [0.29, 0.717) is 0 Å². The molecule has 1 fully saturated rings. The molecule has 0 spiro atoms. The zero-order valence-electron chi connectivity index (χ0n) is 11.2. The van der Waals surface area contributed by atoms with Crippen LogP contribution >= 0.6 is 15.9 Å². The Morgan fingerprint density at radius 1 is 1.58 bits per heavy atom. The fraction of sp³-hybridized carbons (Fsp3) is 0.500. The minimum Gasteiger partial charge on any atom is -0.398 e. The number of nitrogens with one attached hydrogen (secondary N) is 1. The van der Waals surface area contributed by atoms with Gasteiger partial charge in [-0.25, -0.2) is 0 Å².